The maximum atomic E-state index is 13.3. The highest BCUT2D eigenvalue weighted by Gasteiger charge is 2.18. The van der Waals surface area contributed by atoms with Crippen LogP contribution in [0.3, 0.4) is 0 Å². The van der Waals surface area contributed by atoms with E-state index in [0.717, 1.165) is 38.1 Å². The van der Waals surface area contributed by atoms with Crippen molar-refractivity contribution in [3.8, 4) is 0 Å². The van der Waals surface area contributed by atoms with Gasteiger partial charge in [-0.3, -0.25) is 9.52 Å². The topological polar surface area (TPSA) is 87.3 Å². The van der Waals surface area contributed by atoms with Gasteiger partial charge in [0.2, 0.25) is 0 Å². The summed E-state index contributed by atoms with van der Waals surface area (Å²) >= 11 is 0. The van der Waals surface area contributed by atoms with E-state index in [9.17, 15) is 22.0 Å². The second kappa shape index (κ2) is 9.31. The summed E-state index contributed by atoms with van der Waals surface area (Å²) < 4.78 is 53.0. The van der Waals surface area contributed by atoms with Crippen molar-refractivity contribution in [2.45, 2.75) is 23.8 Å². The monoisotopic (exact) mass is 431 g/mol. The third kappa shape index (κ3) is 5.40. The Morgan fingerprint density at radius 2 is 1.64 bits per heavy atom. The molecule has 3 rings (SSSR count). The summed E-state index contributed by atoms with van der Waals surface area (Å²) in [7, 11) is -4.07. The van der Waals surface area contributed by atoms with E-state index >= 15 is 0 Å². The Balaban J connectivity index is 0.00000280. The molecule has 0 saturated carbocycles. The Kier molecular flexibility index (Phi) is 7.34. The van der Waals surface area contributed by atoms with E-state index in [0.29, 0.717) is 11.6 Å². The lowest BCUT2D eigenvalue weighted by Crippen LogP contribution is -2.42. The fraction of sp³-hybridized carbons (Fsp3) is 0.278. The van der Waals surface area contributed by atoms with Crippen molar-refractivity contribution in [2.75, 3.05) is 17.8 Å². The molecule has 28 heavy (non-hydrogen) atoms. The van der Waals surface area contributed by atoms with Gasteiger partial charge in [-0.2, -0.15) is 0 Å². The van der Waals surface area contributed by atoms with E-state index in [1.807, 2.05) is 0 Å². The third-order valence-electron chi connectivity index (χ3n) is 4.28. The number of hydrogen-bond acceptors (Lipinski definition) is 4. The van der Waals surface area contributed by atoms with E-state index in [4.69, 9.17) is 0 Å². The Morgan fingerprint density at radius 3 is 2.25 bits per heavy atom. The molecule has 1 aliphatic heterocycles. The molecule has 3 N–H and O–H groups in total. The van der Waals surface area contributed by atoms with E-state index in [-0.39, 0.29) is 30.0 Å². The van der Waals surface area contributed by atoms with Crippen molar-refractivity contribution in [2.24, 2.45) is 0 Å². The van der Waals surface area contributed by atoms with Gasteiger partial charge in [-0.15, -0.1) is 12.4 Å². The second-order valence-corrected chi connectivity index (χ2v) is 7.94. The van der Waals surface area contributed by atoms with Crippen LogP contribution in [0, 0.1) is 11.6 Å². The summed E-state index contributed by atoms with van der Waals surface area (Å²) in [5.74, 6) is -2.60. The fourth-order valence-corrected chi connectivity index (χ4v) is 3.85. The lowest BCUT2D eigenvalue weighted by Gasteiger charge is -2.23. The molecular weight excluding hydrogens is 412 g/mol. The second-order valence-electron chi connectivity index (χ2n) is 6.26. The number of piperidine rings is 1. The molecule has 2 aromatic carbocycles. The zero-order chi connectivity index (χ0) is 19.4. The Bertz CT molecular complexity index is 934. The molecule has 0 aliphatic carbocycles. The first kappa shape index (κ1) is 22.1. The molecule has 152 valence electrons. The van der Waals surface area contributed by atoms with E-state index in [1.165, 1.54) is 24.3 Å². The quantitative estimate of drug-likeness (QED) is 0.679. The molecule has 0 bridgehead atoms. The predicted octanol–water partition coefficient (Wildman–Crippen LogP) is 2.67. The van der Waals surface area contributed by atoms with Crippen LogP contribution in [-0.2, 0) is 10.0 Å². The minimum Gasteiger partial charge on any atom is -0.349 e. The first-order chi connectivity index (χ1) is 12.8. The van der Waals surface area contributed by atoms with E-state index < -0.39 is 26.6 Å². The Labute approximate surface area is 168 Å². The Morgan fingerprint density at radius 1 is 1.00 bits per heavy atom. The summed E-state index contributed by atoms with van der Waals surface area (Å²) in [6.45, 7) is 1.71. The third-order valence-corrected chi connectivity index (χ3v) is 5.65. The van der Waals surface area contributed by atoms with Gasteiger partial charge in [-0.25, -0.2) is 17.2 Å². The first-order valence-electron chi connectivity index (χ1n) is 8.45. The minimum atomic E-state index is -4.07. The number of rotatable bonds is 5. The smallest absolute Gasteiger partial charge is 0.261 e. The highest BCUT2D eigenvalue weighted by Crippen LogP contribution is 2.19. The summed E-state index contributed by atoms with van der Waals surface area (Å²) in [6, 6.07) is 8.33. The highest BCUT2D eigenvalue weighted by atomic mass is 35.5. The number of carbonyl (C=O) groups excluding carboxylic acids is 1. The number of amides is 1. The molecule has 2 aromatic rings. The van der Waals surface area contributed by atoms with Crippen LogP contribution in [0.4, 0.5) is 14.5 Å². The number of benzene rings is 2. The van der Waals surface area contributed by atoms with Gasteiger partial charge in [0.1, 0.15) is 0 Å². The molecule has 1 saturated heterocycles. The number of nitrogens with one attached hydrogen (secondary N) is 3. The average Bonchev–Trinajstić information content (AvgIpc) is 2.65. The molecule has 1 aliphatic rings. The zero-order valence-electron chi connectivity index (χ0n) is 14.7. The number of sulfonamides is 1. The van der Waals surface area contributed by atoms with Gasteiger partial charge in [0.15, 0.2) is 11.6 Å². The molecule has 0 aromatic heterocycles. The number of halogens is 3. The van der Waals surface area contributed by atoms with Crippen LogP contribution in [0.5, 0.6) is 0 Å². The summed E-state index contributed by atoms with van der Waals surface area (Å²) in [5, 5.41) is 6.16. The maximum absolute atomic E-state index is 13.3. The van der Waals surface area contributed by atoms with Gasteiger partial charge in [0.25, 0.3) is 15.9 Å². The molecule has 10 heteroatoms. The van der Waals surface area contributed by atoms with Gasteiger partial charge < -0.3 is 10.6 Å². The molecule has 0 spiro atoms. The van der Waals surface area contributed by atoms with Crippen LogP contribution < -0.4 is 15.4 Å². The van der Waals surface area contributed by atoms with Crippen molar-refractivity contribution in [1.29, 1.82) is 0 Å². The standard InChI is InChI=1S/C18H19F2N3O3S.ClH/c19-16-6-5-15(11-17(16)20)27(25,26)23-14-3-1-12(2-4-14)18(24)22-13-7-9-21-10-8-13;/h1-6,11,13,21,23H,7-10H2,(H,22,24);1H. The van der Waals surface area contributed by atoms with Gasteiger partial charge in [0, 0.05) is 17.3 Å². The van der Waals surface area contributed by atoms with Crippen LogP contribution in [0.15, 0.2) is 47.4 Å². The maximum Gasteiger partial charge on any atom is 0.261 e. The van der Waals surface area contributed by atoms with Crippen LogP contribution in [0.1, 0.15) is 23.2 Å². The molecule has 0 unspecified atom stereocenters. The van der Waals surface area contributed by atoms with Crippen molar-refractivity contribution >= 4 is 34.0 Å². The largest absolute Gasteiger partial charge is 0.349 e. The molecule has 0 radical (unpaired) electrons. The molecule has 0 atom stereocenters. The lowest BCUT2D eigenvalue weighted by molar-refractivity contribution is 0.0929. The number of carbonyl (C=O) groups is 1. The zero-order valence-corrected chi connectivity index (χ0v) is 16.4. The normalized spacial score (nSPS) is 14.8. The van der Waals surface area contributed by atoms with Crippen molar-refractivity contribution in [3.63, 3.8) is 0 Å². The van der Waals surface area contributed by atoms with E-state index in [1.54, 1.807) is 0 Å². The number of hydrogen-bond donors (Lipinski definition) is 3. The SMILES string of the molecule is Cl.O=C(NC1CCNCC1)c1ccc(NS(=O)(=O)c2ccc(F)c(F)c2)cc1. The van der Waals surface area contributed by atoms with Gasteiger partial charge in [-0.1, -0.05) is 0 Å². The van der Waals surface area contributed by atoms with Crippen molar-refractivity contribution in [1.82, 2.24) is 10.6 Å². The number of anilines is 1. The summed E-state index contributed by atoms with van der Waals surface area (Å²) in [4.78, 5) is 11.9. The highest BCUT2D eigenvalue weighted by molar-refractivity contribution is 7.92. The Hall–Kier alpha value is -2.23. The van der Waals surface area contributed by atoms with Crippen LogP contribution in [0.2, 0.25) is 0 Å². The predicted molar refractivity (Wildman–Crippen MR) is 104 cm³/mol. The van der Waals surface area contributed by atoms with Gasteiger partial charge in [0.05, 0.1) is 4.90 Å². The molecular formula is C18H20ClF2N3O3S. The molecule has 6 nitrogen and oxygen atoms in total. The lowest BCUT2D eigenvalue weighted by atomic mass is 10.1. The van der Waals surface area contributed by atoms with Crippen LogP contribution >= 0.6 is 12.4 Å². The van der Waals surface area contributed by atoms with Crippen molar-refractivity contribution in [3.05, 3.63) is 59.7 Å². The minimum absolute atomic E-state index is 0. The molecule has 1 heterocycles. The fourth-order valence-electron chi connectivity index (χ4n) is 2.78. The average molecular weight is 432 g/mol. The molecule has 1 amide bonds. The van der Waals surface area contributed by atoms with Gasteiger partial charge >= 0.3 is 0 Å². The first-order valence-corrected chi connectivity index (χ1v) is 9.93. The summed E-state index contributed by atoms with van der Waals surface area (Å²) in [5.41, 5.74) is 0.613. The molecule has 1 fully saturated rings. The van der Waals surface area contributed by atoms with Crippen molar-refractivity contribution < 1.29 is 22.0 Å². The van der Waals surface area contributed by atoms with Gasteiger partial charge in [-0.05, 0) is 68.4 Å². The van der Waals surface area contributed by atoms with Crippen LogP contribution in [0.25, 0.3) is 0 Å². The summed E-state index contributed by atoms with van der Waals surface area (Å²) in [6.07, 6.45) is 1.72. The van der Waals surface area contributed by atoms with E-state index in [2.05, 4.69) is 15.4 Å². The van der Waals surface area contributed by atoms with Crippen LogP contribution in [-0.4, -0.2) is 33.5 Å².